The van der Waals surface area contributed by atoms with E-state index in [-0.39, 0.29) is 24.7 Å². The lowest BCUT2D eigenvalue weighted by Gasteiger charge is -2.41. The van der Waals surface area contributed by atoms with Gasteiger partial charge < -0.3 is 14.7 Å². The van der Waals surface area contributed by atoms with Crippen LogP contribution in [-0.2, 0) is 9.53 Å². The molecule has 1 amide bonds. The van der Waals surface area contributed by atoms with Gasteiger partial charge in [-0.1, -0.05) is 0 Å². The summed E-state index contributed by atoms with van der Waals surface area (Å²) in [6.45, 7) is 8.15. The monoisotopic (exact) mass is 284 g/mol. The molecule has 0 aliphatic carbocycles. The van der Waals surface area contributed by atoms with E-state index in [0.29, 0.717) is 25.2 Å². The number of morpholine rings is 1. The van der Waals surface area contributed by atoms with Crippen molar-refractivity contribution in [3.63, 3.8) is 0 Å². The van der Waals surface area contributed by atoms with Gasteiger partial charge in [0.15, 0.2) is 0 Å². The zero-order chi connectivity index (χ0) is 14.7. The fourth-order valence-electron chi connectivity index (χ4n) is 3.56. The average Bonchev–Trinajstić information content (AvgIpc) is 2.37. The minimum atomic E-state index is -0.164. The smallest absolute Gasteiger partial charge is 0.237 e. The minimum Gasteiger partial charge on any atom is -0.394 e. The van der Waals surface area contributed by atoms with Gasteiger partial charge in [0, 0.05) is 25.2 Å². The second-order valence-corrected chi connectivity index (χ2v) is 6.38. The summed E-state index contributed by atoms with van der Waals surface area (Å²) in [5, 5.41) is 9.25. The van der Waals surface area contributed by atoms with Crippen LogP contribution in [0.1, 0.15) is 40.0 Å². The largest absolute Gasteiger partial charge is 0.394 e. The maximum atomic E-state index is 12.6. The molecule has 2 saturated heterocycles. The van der Waals surface area contributed by atoms with Crippen molar-refractivity contribution >= 4 is 5.91 Å². The Morgan fingerprint density at radius 1 is 1.20 bits per heavy atom. The van der Waals surface area contributed by atoms with E-state index in [1.54, 1.807) is 0 Å². The summed E-state index contributed by atoms with van der Waals surface area (Å²) in [6.07, 6.45) is 3.34. The van der Waals surface area contributed by atoms with Gasteiger partial charge >= 0.3 is 0 Å². The van der Waals surface area contributed by atoms with Crippen LogP contribution in [0.4, 0.5) is 0 Å². The Morgan fingerprint density at radius 2 is 1.85 bits per heavy atom. The third-order valence-corrected chi connectivity index (χ3v) is 4.45. The van der Waals surface area contributed by atoms with Gasteiger partial charge in [-0.3, -0.25) is 9.69 Å². The molecule has 1 N–H and O–H groups in total. The second kappa shape index (κ2) is 6.87. The molecule has 4 unspecified atom stereocenters. The van der Waals surface area contributed by atoms with Crippen molar-refractivity contribution in [2.45, 2.75) is 64.3 Å². The molecule has 0 aromatic rings. The molecule has 2 rings (SSSR count). The molecule has 4 atom stereocenters. The predicted molar refractivity (Wildman–Crippen MR) is 77.5 cm³/mol. The van der Waals surface area contributed by atoms with E-state index in [1.165, 1.54) is 6.42 Å². The third kappa shape index (κ3) is 3.71. The van der Waals surface area contributed by atoms with Crippen molar-refractivity contribution in [1.29, 1.82) is 0 Å². The van der Waals surface area contributed by atoms with Crippen LogP contribution in [0, 0.1) is 0 Å². The third-order valence-electron chi connectivity index (χ3n) is 4.45. The molecular weight excluding hydrogens is 256 g/mol. The van der Waals surface area contributed by atoms with Crippen LogP contribution in [0.25, 0.3) is 0 Å². The number of likely N-dealkylation sites (tertiary alicyclic amines) is 1. The van der Waals surface area contributed by atoms with Gasteiger partial charge in [0.1, 0.15) is 0 Å². The van der Waals surface area contributed by atoms with Gasteiger partial charge in [-0.15, -0.1) is 0 Å². The normalized spacial score (nSPS) is 36.1. The molecule has 2 heterocycles. The molecule has 2 aliphatic rings. The summed E-state index contributed by atoms with van der Waals surface area (Å²) in [4.78, 5) is 16.7. The highest BCUT2D eigenvalue weighted by Gasteiger charge is 2.32. The highest BCUT2D eigenvalue weighted by Crippen LogP contribution is 2.23. The van der Waals surface area contributed by atoms with Gasteiger partial charge in [-0.2, -0.15) is 0 Å². The lowest BCUT2D eigenvalue weighted by Crippen LogP contribution is -2.55. The van der Waals surface area contributed by atoms with Crippen LogP contribution in [0.5, 0.6) is 0 Å². The van der Waals surface area contributed by atoms with Crippen molar-refractivity contribution in [2.24, 2.45) is 0 Å². The number of piperidine rings is 1. The molecule has 0 spiro atoms. The first-order chi connectivity index (χ1) is 9.51. The lowest BCUT2D eigenvalue weighted by atomic mass is 9.97. The quantitative estimate of drug-likeness (QED) is 0.835. The molecule has 20 heavy (non-hydrogen) atoms. The van der Waals surface area contributed by atoms with Crippen molar-refractivity contribution < 1.29 is 14.6 Å². The molecule has 2 aliphatic heterocycles. The number of hydrogen-bond acceptors (Lipinski definition) is 4. The van der Waals surface area contributed by atoms with Crippen LogP contribution in [-0.4, -0.2) is 71.3 Å². The maximum Gasteiger partial charge on any atom is 0.237 e. The highest BCUT2D eigenvalue weighted by atomic mass is 16.5. The van der Waals surface area contributed by atoms with Crippen LogP contribution >= 0.6 is 0 Å². The van der Waals surface area contributed by atoms with Crippen molar-refractivity contribution in [3.8, 4) is 0 Å². The first-order valence-electron chi connectivity index (χ1n) is 7.81. The number of aliphatic hydroxyl groups excluding tert-OH is 1. The SMILES string of the molecule is CC1CN(CC(=O)N2C(C)CCCC2C)CC(CO)O1. The molecule has 0 radical (unpaired) electrons. The summed E-state index contributed by atoms with van der Waals surface area (Å²) < 4.78 is 5.62. The number of ether oxygens (including phenoxy) is 1. The highest BCUT2D eigenvalue weighted by molar-refractivity contribution is 5.79. The summed E-state index contributed by atoms with van der Waals surface area (Å²) in [7, 11) is 0. The standard InChI is InChI=1S/C15H28N2O3/c1-11-5-4-6-12(2)17(11)15(19)9-16-7-13(3)20-14(8-16)10-18/h11-14,18H,4-10H2,1-3H3. The van der Waals surface area contributed by atoms with Crippen LogP contribution in [0.3, 0.4) is 0 Å². The number of carbonyl (C=O) groups is 1. The Balaban J connectivity index is 1.92. The molecule has 0 bridgehead atoms. The molecule has 0 saturated carbocycles. The molecule has 5 nitrogen and oxygen atoms in total. The van der Waals surface area contributed by atoms with Gasteiger partial charge in [-0.05, 0) is 40.0 Å². The Morgan fingerprint density at radius 3 is 2.45 bits per heavy atom. The van der Waals surface area contributed by atoms with Crippen LogP contribution in [0.15, 0.2) is 0 Å². The first-order valence-corrected chi connectivity index (χ1v) is 7.81. The fourth-order valence-corrected chi connectivity index (χ4v) is 3.56. The Hall–Kier alpha value is -0.650. The lowest BCUT2D eigenvalue weighted by molar-refractivity contribution is -0.143. The molecule has 2 fully saturated rings. The zero-order valence-corrected chi connectivity index (χ0v) is 12.9. The van der Waals surface area contributed by atoms with Gasteiger partial charge in [0.25, 0.3) is 0 Å². The summed E-state index contributed by atoms with van der Waals surface area (Å²) >= 11 is 0. The molecule has 0 aromatic heterocycles. The average molecular weight is 284 g/mol. The molecule has 0 aromatic carbocycles. The van der Waals surface area contributed by atoms with E-state index in [0.717, 1.165) is 19.4 Å². The zero-order valence-electron chi connectivity index (χ0n) is 12.9. The van der Waals surface area contributed by atoms with Crippen molar-refractivity contribution in [2.75, 3.05) is 26.2 Å². The summed E-state index contributed by atoms with van der Waals surface area (Å²) in [5.74, 6) is 0.218. The van der Waals surface area contributed by atoms with E-state index < -0.39 is 0 Å². The number of nitrogens with zero attached hydrogens (tertiary/aromatic N) is 2. The van der Waals surface area contributed by atoms with Crippen molar-refractivity contribution in [1.82, 2.24) is 9.80 Å². The Labute approximate surface area is 121 Å². The maximum absolute atomic E-state index is 12.6. The summed E-state index contributed by atoms with van der Waals surface area (Å²) in [5.41, 5.74) is 0. The van der Waals surface area contributed by atoms with Gasteiger partial charge in [0.05, 0.1) is 25.4 Å². The van der Waals surface area contributed by atoms with E-state index in [9.17, 15) is 9.90 Å². The second-order valence-electron chi connectivity index (χ2n) is 6.38. The minimum absolute atomic E-state index is 0.0194. The number of rotatable bonds is 3. The summed E-state index contributed by atoms with van der Waals surface area (Å²) in [6, 6.07) is 0.691. The first kappa shape index (κ1) is 15.7. The Bertz CT molecular complexity index is 327. The number of aliphatic hydroxyl groups is 1. The molecule has 5 heteroatoms. The number of carbonyl (C=O) groups excluding carboxylic acids is 1. The van der Waals surface area contributed by atoms with E-state index in [1.807, 2.05) is 6.92 Å². The van der Waals surface area contributed by atoms with Crippen molar-refractivity contribution in [3.05, 3.63) is 0 Å². The number of amides is 1. The van der Waals surface area contributed by atoms with Crippen LogP contribution < -0.4 is 0 Å². The number of hydrogen-bond donors (Lipinski definition) is 1. The molecular formula is C15H28N2O3. The molecule has 116 valence electrons. The topological polar surface area (TPSA) is 53.0 Å². The van der Waals surface area contributed by atoms with Gasteiger partial charge in [0.2, 0.25) is 5.91 Å². The van der Waals surface area contributed by atoms with E-state index >= 15 is 0 Å². The van der Waals surface area contributed by atoms with E-state index in [2.05, 4.69) is 23.6 Å². The predicted octanol–water partition coefficient (Wildman–Crippen LogP) is 0.857. The van der Waals surface area contributed by atoms with Crippen LogP contribution in [0.2, 0.25) is 0 Å². The fraction of sp³-hybridized carbons (Fsp3) is 0.933. The van der Waals surface area contributed by atoms with Gasteiger partial charge in [-0.25, -0.2) is 0 Å². The Kier molecular flexibility index (Phi) is 5.41. The van der Waals surface area contributed by atoms with E-state index in [4.69, 9.17) is 4.74 Å².